The van der Waals surface area contributed by atoms with Crippen molar-refractivity contribution < 1.29 is 4.79 Å². The molecule has 1 radical (unpaired) electrons. The molecule has 1 heterocycles. The number of aryl methyl sites for hydroxylation is 1. The predicted octanol–water partition coefficient (Wildman–Crippen LogP) is 1.54. The fraction of sp³-hybridized carbons (Fsp3) is 0.167. The lowest BCUT2D eigenvalue weighted by Crippen LogP contribution is -1.88. The summed E-state index contributed by atoms with van der Waals surface area (Å²) in [6.07, 6.45) is 1.61. The third kappa shape index (κ3) is 1.54. The molecule has 0 aliphatic carbocycles. The third-order valence-electron chi connectivity index (χ3n) is 0.915. The molecule has 1 aromatic rings. The molecule has 0 atom stereocenters. The Morgan fingerprint density at radius 1 is 1.67 bits per heavy atom. The van der Waals surface area contributed by atoms with Gasteiger partial charge in [-0.1, -0.05) is 0 Å². The molecule has 0 aliphatic heterocycles. The molecular weight excluding hydrogens is 134 g/mol. The predicted molar refractivity (Wildman–Crippen MR) is 38.4 cm³/mol. The van der Waals surface area contributed by atoms with Gasteiger partial charge >= 0.3 is 6.41 Å². The Balaban J connectivity index is 2.72. The highest BCUT2D eigenvalue weighted by atomic mass is 32.1. The van der Waals surface area contributed by atoms with Gasteiger partial charge in [0, 0.05) is 4.88 Å². The molecule has 0 fully saturated rings. The number of rotatable bonds is 2. The summed E-state index contributed by atoms with van der Waals surface area (Å²) in [6.45, 7) is 1.99. The van der Waals surface area contributed by atoms with Crippen molar-refractivity contribution in [3.8, 4) is 0 Å². The maximum absolute atomic E-state index is 9.75. The van der Waals surface area contributed by atoms with E-state index in [1.165, 1.54) is 16.2 Å². The lowest BCUT2D eigenvalue weighted by atomic mass is 10.5. The third-order valence-corrected chi connectivity index (χ3v) is 1.83. The molecule has 0 aliphatic rings. The van der Waals surface area contributed by atoms with E-state index >= 15 is 0 Å². The van der Waals surface area contributed by atoms with Gasteiger partial charge in [-0.25, -0.2) is 0 Å². The summed E-state index contributed by atoms with van der Waals surface area (Å²) in [5, 5.41) is 3.29. The topological polar surface area (TPSA) is 29.1 Å². The highest BCUT2D eigenvalue weighted by Gasteiger charge is 1.91. The lowest BCUT2D eigenvalue weighted by molar-refractivity contribution is 0.561. The molecule has 9 heavy (non-hydrogen) atoms. The molecule has 0 unspecified atom stereocenters. The Morgan fingerprint density at radius 2 is 2.44 bits per heavy atom. The van der Waals surface area contributed by atoms with Crippen LogP contribution in [0.2, 0.25) is 0 Å². The zero-order valence-corrected chi connectivity index (χ0v) is 5.79. The van der Waals surface area contributed by atoms with Crippen molar-refractivity contribution in [2.24, 2.45) is 0 Å². The largest absolute Gasteiger partial charge is 0.314 e. The number of thiophene rings is 1. The summed E-state index contributed by atoms with van der Waals surface area (Å²) in [5.74, 6) is 0. The molecule has 2 nitrogen and oxygen atoms in total. The van der Waals surface area contributed by atoms with Crippen LogP contribution in [-0.4, -0.2) is 6.41 Å². The summed E-state index contributed by atoms with van der Waals surface area (Å²) in [6, 6.07) is 3.80. The van der Waals surface area contributed by atoms with Gasteiger partial charge in [0.05, 0.1) is 5.00 Å². The minimum Gasteiger partial charge on any atom is -0.309 e. The molecule has 47 valence electrons. The number of nitrogens with one attached hydrogen (secondary N) is 1. The number of hydrogen-bond donors (Lipinski definition) is 1. The molecule has 1 aromatic heterocycles. The maximum atomic E-state index is 9.75. The van der Waals surface area contributed by atoms with Gasteiger partial charge in [0.1, 0.15) is 0 Å². The normalized spacial score (nSPS) is 9.00. The van der Waals surface area contributed by atoms with Crippen molar-refractivity contribution in [1.82, 2.24) is 0 Å². The van der Waals surface area contributed by atoms with E-state index in [1.54, 1.807) is 6.41 Å². The van der Waals surface area contributed by atoms with Crippen molar-refractivity contribution >= 4 is 22.7 Å². The second kappa shape index (κ2) is 2.64. The van der Waals surface area contributed by atoms with Crippen LogP contribution in [-0.2, 0) is 4.79 Å². The van der Waals surface area contributed by atoms with E-state index in [-0.39, 0.29) is 0 Å². The lowest BCUT2D eigenvalue weighted by Gasteiger charge is -1.84. The van der Waals surface area contributed by atoms with Gasteiger partial charge < -0.3 is 5.32 Å². The van der Waals surface area contributed by atoms with E-state index in [2.05, 4.69) is 5.32 Å². The van der Waals surface area contributed by atoms with Crippen molar-refractivity contribution in [1.29, 1.82) is 0 Å². The van der Waals surface area contributed by atoms with Crippen molar-refractivity contribution in [3.63, 3.8) is 0 Å². The zero-order chi connectivity index (χ0) is 6.69. The molecule has 1 amide bonds. The van der Waals surface area contributed by atoms with Crippen molar-refractivity contribution in [3.05, 3.63) is 17.0 Å². The van der Waals surface area contributed by atoms with Crippen LogP contribution < -0.4 is 5.32 Å². The van der Waals surface area contributed by atoms with Crippen LogP contribution in [0.5, 0.6) is 0 Å². The first kappa shape index (κ1) is 6.29. The van der Waals surface area contributed by atoms with E-state index in [0.29, 0.717) is 0 Å². The van der Waals surface area contributed by atoms with Crippen LogP contribution in [0.1, 0.15) is 4.88 Å². The zero-order valence-electron chi connectivity index (χ0n) is 4.97. The summed E-state index contributed by atoms with van der Waals surface area (Å²) >= 11 is 1.54. The van der Waals surface area contributed by atoms with Gasteiger partial charge in [-0.05, 0) is 19.1 Å². The van der Waals surface area contributed by atoms with Gasteiger partial charge in [0.2, 0.25) is 0 Å². The maximum Gasteiger partial charge on any atom is 0.314 e. The number of amides is 1. The standard InChI is InChI=1S/C6H6NOS/c1-5-2-3-6(9-5)7-4-8/h2-3H,1H3,(H,7,8). The fourth-order valence-corrected chi connectivity index (χ4v) is 1.26. The van der Waals surface area contributed by atoms with E-state index in [1.807, 2.05) is 19.1 Å². The second-order valence-electron chi connectivity index (χ2n) is 1.64. The molecule has 0 saturated carbocycles. The Bertz CT molecular complexity index is 207. The van der Waals surface area contributed by atoms with Crippen molar-refractivity contribution in [2.45, 2.75) is 6.92 Å². The summed E-state index contributed by atoms with van der Waals surface area (Å²) < 4.78 is 0. The second-order valence-corrected chi connectivity index (χ2v) is 2.93. The first-order valence-corrected chi connectivity index (χ1v) is 3.34. The molecule has 0 spiro atoms. The molecule has 1 N–H and O–H groups in total. The fourth-order valence-electron chi connectivity index (χ4n) is 0.552. The average molecular weight is 140 g/mol. The highest BCUT2D eigenvalue weighted by Crippen LogP contribution is 2.19. The minimum atomic E-state index is 0.850. The molecular formula is C6H6NOS. The van der Waals surface area contributed by atoms with Gasteiger partial charge in [0.25, 0.3) is 0 Å². The van der Waals surface area contributed by atoms with E-state index < -0.39 is 0 Å². The minimum absolute atomic E-state index is 0.850. The van der Waals surface area contributed by atoms with Crippen LogP contribution in [0.15, 0.2) is 12.1 Å². The van der Waals surface area contributed by atoms with Crippen LogP contribution in [0.3, 0.4) is 0 Å². The first-order valence-electron chi connectivity index (χ1n) is 2.52. The van der Waals surface area contributed by atoms with Gasteiger partial charge in [-0.3, -0.25) is 4.79 Å². The van der Waals surface area contributed by atoms with E-state index in [0.717, 1.165) is 5.00 Å². The SMILES string of the molecule is Cc1ccc(N[C]=O)s1. The van der Waals surface area contributed by atoms with Crippen LogP contribution in [0.4, 0.5) is 5.00 Å². The Labute approximate surface area is 57.5 Å². The Kier molecular flexibility index (Phi) is 1.85. The molecule has 0 bridgehead atoms. The Hall–Kier alpha value is -0.830. The van der Waals surface area contributed by atoms with E-state index in [4.69, 9.17) is 0 Å². The van der Waals surface area contributed by atoms with E-state index in [9.17, 15) is 4.79 Å². The van der Waals surface area contributed by atoms with Crippen LogP contribution in [0, 0.1) is 6.92 Å². The van der Waals surface area contributed by atoms with Crippen LogP contribution in [0.25, 0.3) is 0 Å². The van der Waals surface area contributed by atoms with Crippen LogP contribution >= 0.6 is 11.3 Å². The molecule has 3 heteroatoms. The van der Waals surface area contributed by atoms with Gasteiger partial charge in [-0.2, -0.15) is 0 Å². The number of anilines is 1. The Morgan fingerprint density at radius 3 is 2.89 bits per heavy atom. The van der Waals surface area contributed by atoms with Gasteiger partial charge in [-0.15, -0.1) is 11.3 Å². The summed E-state index contributed by atoms with van der Waals surface area (Å²) in [5.41, 5.74) is 0. The van der Waals surface area contributed by atoms with Gasteiger partial charge in [0.15, 0.2) is 0 Å². The first-order chi connectivity index (χ1) is 4.33. The highest BCUT2D eigenvalue weighted by molar-refractivity contribution is 7.16. The number of hydrogen-bond acceptors (Lipinski definition) is 2. The monoisotopic (exact) mass is 140 g/mol. The smallest absolute Gasteiger partial charge is 0.309 e. The molecule has 1 rings (SSSR count). The molecule has 0 aromatic carbocycles. The number of carbonyl (C=O) groups excluding carboxylic acids is 1. The molecule has 0 saturated heterocycles. The summed E-state index contributed by atoms with van der Waals surface area (Å²) in [7, 11) is 0. The quantitative estimate of drug-likeness (QED) is 0.620. The average Bonchev–Trinajstić information content (AvgIpc) is 2.17. The van der Waals surface area contributed by atoms with Crippen molar-refractivity contribution in [2.75, 3.05) is 5.32 Å². The summed E-state index contributed by atoms with van der Waals surface area (Å²) in [4.78, 5) is 10.9.